The van der Waals surface area contributed by atoms with Crippen LogP contribution in [0.1, 0.15) is 0 Å². The van der Waals surface area contributed by atoms with Crippen LogP contribution in [-0.4, -0.2) is 4.98 Å². The molecule has 1 heterocycles. The maximum atomic E-state index is 13.3. The molecular formula is C11H8F2N2. The third kappa shape index (κ3) is 1.79. The third-order valence-corrected chi connectivity index (χ3v) is 2.08. The summed E-state index contributed by atoms with van der Waals surface area (Å²) in [6, 6.07) is 5.35. The first-order chi connectivity index (χ1) is 7.18. The molecule has 4 heteroatoms. The van der Waals surface area contributed by atoms with Crippen molar-refractivity contribution < 1.29 is 8.78 Å². The zero-order valence-corrected chi connectivity index (χ0v) is 7.74. The molecule has 0 spiro atoms. The minimum atomic E-state index is -0.476. The second kappa shape index (κ2) is 3.65. The number of aromatic nitrogens is 1. The molecule has 15 heavy (non-hydrogen) atoms. The molecule has 2 nitrogen and oxygen atoms in total. The minimum Gasteiger partial charge on any atom is -0.398 e. The normalized spacial score (nSPS) is 10.3. The number of rotatable bonds is 1. The van der Waals surface area contributed by atoms with Crippen molar-refractivity contribution in [2.45, 2.75) is 0 Å². The van der Waals surface area contributed by atoms with E-state index in [2.05, 4.69) is 4.98 Å². The van der Waals surface area contributed by atoms with E-state index >= 15 is 0 Å². The summed E-state index contributed by atoms with van der Waals surface area (Å²) in [6.07, 6.45) is 2.55. The average Bonchev–Trinajstić information content (AvgIpc) is 2.20. The van der Waals surface area contributed by atoms with Crippen molar-refractivity contribution in [1.29, 1.82) is 0 Å². The van der Waals surface area contributed by atoms with Crippen LogP contribution in [0, 0.1) is 11.6 Å². The summed E-state index contributed by atoms with van der Waals surface area (Å²) in [4.78, 5) is 3.63. The maximum Gasteiger partial charge on any atom is 0.149 e. The fraction of sp³-hybridized carbons (Fsp3) is 0. The van der Waals surface area contributed by atoms with Crippen molar-refractivity contribution >= 4 is 5.69 Å². The molecule has 76 valence electrons. The van der Waals surface area contributed by atoms with Gasteiger partial charge >= 0.3 is 0 Å². The van der Waals surface area contributed by atoms with E-state index in [1.54, 1.807) is 0 Å². The first-order valence-electron chi connectivity index (χ1n) is 4.33. The van der Waals surface area contributed by atoms with Gasteiger partial charge in [0.15, 0.2) is 0 Å². The number of anilines is 1. The summed E-state index contributed by atoms with van der Waals surface area (Å²) >= 11 is 0. The Bertz CT molecular complexity index is 498. The van der Waals surface area contributed by atoms with Crippen LogP contribution in [-0.2, 0) is 0 Å². The van der Waals surface area contributed by atoms with E-state index in [0.29, 0.717) is 11.1 Å². The third-order valence-electron chi connectivity index (χ3n) is 2.08. The minimum absolute atomic E-state index is 0.208. The lowest BCUT2D eigenvalue weighted by atomic mass is 10.0. The van der Waals surface area contributed by atoms with E-state index in [1.807, 2.05) is 0 Å². The molecule has 0 bridgehead atoms. The zero-order chi connectivity index (χ0) is 10.8. The molecule has 0 radical (unpaired) electrons. The summed E-state index contributed by atoms with van der Waals surface area (Å²) in [5.41, 5.74) is 6.59. The van der Waals surface area contributed by atoms with Crippen LogP contribution in [0.3, 0.4) is 0 Å². The van der Waals surface area contributed by atoms with Crippen molar-refractivity contribution in [2.75, 3.05) is 5.73 Å². The van der Waals surface area contributed by atoms with E-state index in [-0.39, 0.29) is 5.69 Å². The SMILES string of the molecule is Nc1cc(F)ccc1-c1ccncc1F. The molecule has 0 unspecified atom stereocenters. The van der Waals surface area contributed by atoms with Crippen LogP contribution in [0.2, 0.25) is 0 Å². The van der Waals surface area contributed by atoms with Gasteiger partial charge in [0.2, 0.25) is 0 Å². The number of nitrogens with two attached hydrogens (primary N) is 1. The van der Waals surface area contributed by atoms with Gasteiger partial charge in [0.05, 0.1) is 6.20 Å². The second-order valence-electron chi connectivity index (χ2n) is 3.09. The van der Waals surface area contributed by atoms with Crippen LogP contribution in [0.25, 0.3) is 11.1 Å². The van der Waals surface area contributed by atoms with Crippen molar-refractivity contribution in [1.82, 2.24) is 4.98 Å². The molecule has 0 atom stereocenters. The highest BCUT2D eigenvalue weighted by atomic mass is 19.1. The Morgan fingerprint density at radius 2 is 1.87 bits per heavy atom. The fourth-order valence-corrected chi connectivity index (χ4v) is 1.37. The van der Waals surface area contributed by atoms with Crippen molar-refractivity contribution in [2.24, 2.45) is 0 Å². The van der Waals surface area contributed by atoms with Gasteiger partial charge in [-0.1, -0.05) is 0 Å². The van der Waals surface area contributed by atoms with E-state index < -0.39 is 11.6 Å². The molecule has 2 aromatic rings. The number of benzene rings is 1. The first kappa shape index (κ1) is 9.58. The molecule has 0 saturated carbocycles. The maximum absolute atomic E-state index is 13.3. The number of halogens is 2. The highest BCUT2D eigenvalue weighted by Gasteiger charge is 2.08. The van der Waals surface area contributed by atoms with Gasteiger partial charge in [-0.05, 0) is 24.3 Å². The van der Waals surface area contributed by atoms with Gasteiger partial charge in [0.25, 0.3) is 0 Å². The Balaban J connectivity index is 2.60. The molecule has 0 saturated heterocycles. The van der Waals surface area contributed by atoms with Gasteiger partial charge in [-0.2, -0.15) is 0 Å². The van der Waals surface area contributed by atoms with Crippen LogP contribution in [0.5, 0.6) is 0 Å². The number of nitrogens with zero attached hydrogens (tertiary/aromatic N) is 1. The Morgan fingerprint density at radius 1 is 1.07 bits per heavy atom. The zero-order valence-electron chi connectivity index (χ0n) is 7.74. The monoisotopic (exact) mass is 206 g/mol. The number of pyridine rings is 1. The Labute approximate surface area is 85.4 Å². The van der Waals surface area contributed by atoms with Gasteiger partial charge in [0, 0.05) is 23.0 Å². The lowest BCUT2D eigenvalue weighted by Crippen LogP contribution is -1.93. The van der Waals surface area contributed by atoms with E-state index in [9.17, 15) is 8.78 Å². The molecule has 2 rings (SSSR count). The lowest BCUT2D eigenvalue weighted by Gasteiger charge is -2.06. The van der Waals surface area contributed by atoms with Crippen LogP contribution in [0.15, 0.2) is 36.7 Å². The predicted octanol–water partition coefficient (Wildman–Crippen LogP) is 2.61. The number of nitrogen functional groups attached to an aromatic ring is 1. The number of hydrogen-bond acceptors (Lipinski definition) is 2. The van der Waals surface area contributed by atoms with Gasteiger partial charge in [-0.3, -0.25) is 4.98 Å². The smallest absolute Gasteiger partial charge is 0.149 e. The summed E-state index contributed by atoms with van der Waals surface area (Å²) in [6.45, 7) is 0. The summed E-state index contributed by atoms with van der Waals surface area (Å²) in [5.74, 6) is -0.915. The van der Waals surface area contributed by atoms with Crippen molar-refractivity contribution in [3.05, 3.63) is 48.3 Å². The topological polar surface area (TPSA) is 38.9 Å². The quantitative estimate of drug-likeness (QED) is 0.728. The van der Waals surface area contributed by atoms with Crippen LogP contribution >= 0.6 is 0 Å². The second-order valence-corrected chi connectivity index (χ2v) is 3.09. The predicted molar refractivity (Wildman–Crippen MR) is 54.0 cm³/mol. The lowest BCUT2D eigenvalue weighted by molar-refractivity contribution is 0.623. The summed E-state index contributed by atoms with van der Waals surface area (Å²) < 4.78 is 26.1. The van der Waals surface area contributed by atoms with Gasteiger partial charge < -0.3 is 5.73 Å². The van der Waals surface area contributed by atoms with Gasteiger partial charge in [-0.15, -0.1) is 0 Å². The molecule has 0 fully saturated rings. The van der Waals surface area contributed by atoms with E-state index in [4.69, 9.17) is 5.73 Å². The van der Waals surface area contributed by atoms with E-state index in [0.717, 1.165) is 12.3 Å². The Morgan fingerprint density at radius 3 is 2.53 bits per heavy atom. The van der Waals surface area contributed by atoms with Crippen LogP contribution in [0.4, 0.5) is 14.5 Å². The Hall–Kier alpha value is -1.97. The molecule has 0 aliphatic heterocycles. The van der Waals surface area contributed by atoms with Gasteiger partial charge in [-0.25, -0.2) is 8.78 Å². The Kier molecular flexibility index (Phi) is 2.33. The van der Waals surface area contributed by atoms with Crippen molar-refractivity contribution in [3.8, 4) is 11.1 Å². The van der Waals surface area contributed by atoms with Crippen LogP contribution < -0.4 is 5.73 Å². The molecule has 0 aliphatic rings. The largest absolute Gasteiger partial charge is 0.398 e. The molecule has 1 aromatic carbocycles. The summed E-state index contributed by atoms with van der Waals surface area (Å²) in [5, 5.41) is 0. The fourth-order valence-electron chi connectivity index (χ4n) is 1.37. The molecule has 1 aromatic heterocycles. The number of hydrogen-bond donors (Lipinski definition) is 1. The molecule has 0 aliphatic carbocycles. The standard InChI is InChI=1S/C11H8F2N2/c12-7-1-2-9(11(14)5-7)8-3-4-15-6-10(8)13/h1-6H,14H2. The first-order valence-corrected chi connectivity index (χ1v) is 4.33. The van der Waals surface area contributed by atoms with Crippen molar-refractivity contribution in [3.63, 3.8) is 0 Å². The molecular weight excluding hydrogens is 198 g/mol. The van der Waals surface area contributed by atoms with E-state index in [1.165, 1.54) is 24.4 Å². The molecule has 2 N–H and O–H groups in total. The van der Waals surface area contributed by atoms with Gasteiger partial charge in [0.1, 0.15) is 11.6 Å². The average molecular weight is 206 g/mol. The highest BCUT2D eigenvalue weighted by Crippen LogP contribution is 2.27. The highest BCUT2D eigenvalue weighted by molar-refractivity contribution is 5.76. The summed E-state index contributed by atoms with van der Waals surface area (Å²) in [7, 11) is 0. The molecule has 0 amide bonds.